The number of rotatable bonds is 7. The summed E-state index contributed by atoms with van der Waals surface area (Å²) in [5.74, 6) is -12.8. The second kappa shape index (κ2) is 10.4. The Hall–Kier alpha value is -3.16. The number of carbonyl (C=O) groups excluding carboxylic acids is 5. The van der Waals surface area contributed by atoms with Crippen LogP contribution in [-0.4, -0.2) is 87.4 Å². The van der Waals surface area contributed by atoms with Gasteiger partial charge in [0.1, 0.15) is 5.75 Å². The highest BCUT2D eigenvalue weighted by Crippen LogP contribution is 2.53. The molecule has 0 aromatic heterocycles. The summed E-state index contributed by atoms with van der Waals surface area (Å²) in [6.07, 6.45) is -0.864. The molecule has 6 atom stereocenters. The maximum Gasteiger partial charge on any atom is 0.417 e. The smallest absolute Gasteiger partial charge is 0.417 e. The third-order valence-electron chi connectivity index (χ3n) is 10.6. The fourth-order valence-electron chi connectivity index (χ4n) is 8.17. The van der Waals surface area contributed by atoms with Crippen LogP contribution in [0.4, 0.5) is 13.2 Å². The Morgan fingerprint density at radius 1 is 1.09 bits per heavy atom. The Labute approximate surface area is 251 Å². The van der Waals surface area contributed by atoms with Crippen molar-refractivity contribution in [2.45, 2.75) is 75.4 Å². The van der Waals surface area contributed by atoms with Crippen LogP contribution in [-0.2, 0) is 38.3 Å². The first-order valence-electron chi connectivity index (χ1n) is 15.1. The van der Waals surface area contributed by atoms with Crippen LogP contribution in [0.25, 0.3) is 0 Å². The number of nitrogens with zero attached hydrogens (tertiary/aromatic N) is 2. The van der Waals surface area contributed by atoms with Gasteiger partial charge in [0.05, 0.1) is 23.1 Å². The monoisotopic (exact) mass is 619 g/mol. The first kappa shape index (κ1) is 30.8. The number of benzene rings is 1. The average Bonchev–Trinajstić information content (AvgIpc) is 3.67. The third kappa shape index (κ3) is 4.61. The van der Waals surface area contributed by atoms with E-state index in [2.05, 4.69) is 0 Å². The Morgan fingerprint density at radius 3 is 2.27 bits per heavy atom. The summed E-state index contributed by atoms with van der Waals surface area (Å²) in [7, 11) is 2.88. The van der Waals surface area contributed by atoms with E-state index in [9.17, 15) is 47.4 Å². The van der Waals surface area contributed by atoms with Gasteiger partial charge in [0, 0.05) is 25.0 Å². The van der Waals surface area contributed by atoms with E-state index in [-0.39, 0.29) is 24.6 Å². The number of halogens is 3. The summed E-state index contributed by atoms with van der Waals surface area (Å²) in [6, 6.07) is -0.237. The first-order chi connectivity index (χ1) is 20.6. The summed E-state index contributed by atoms with van der Waals surface area (Å²) >= 11 is 0. The molecule has 238 valence electrons. The highest BCUT2D eigenvalue weighted by molar-refractivity contribution is 6.32. The largest absolute Gasteiger partial charge is 0.507 e. The molecular formula is C31H36F3N3O7. The number of Topliss-reactive ketones (excluding diaryl/α,β-unsaturated/α-hetero) is 4. The van der Waals surface area contributed by atoms with Gasteiger partial charge in [-0.05, 0) is 81.6 Å². The molecule has 1 aromatic carbocycles. The summed E-state index contributed by atoms with van der Waals surface area (Å²) in [5.41, 5.74) is 0.149. The molecule has 0 bridgehead atoms. The molecule has 0 radical (unpaired) electrons. The van der Waals surface area contributed by atoms with Gasteiger partial charge in [0.15, 0.2) is 34.7 Å². The lowest BCUT2D eigenvalue weighted by molar-refractivity contribution is -0.181. The van der Waals surface area contributed by atoms with Crippen LogP contribution < -0.4 is 5.73 Å². The van der Waals surface area contributed by atoms with Crippen LogP contribution in [0.15, 0.2) is 6.07 Å². The number of hydrogen-bond donors (Lipinski definition) is 3. The topological polar surface area (TPSA) is 158 Å². The minimum absolute atomic E-state index is 0.0549. The van der Waals surface area contributed by atoms with Gasteiger partial charge in [-0.25, -0.2) is 0 Å². The standard InChI is InChI=1S/C31H36F3N3O7/c1-36(2)24-18-9-14-8-17-21(25(39)20(14)27(41)30(18,44)28(42)22(26(24)40)29(35)43)19(38)10-15(23(17)31(32,33)34)12-37(11-13-6-7-13)16-4-3-5-16/h10,13-14,16,18,20,22,24,38,44H,3-9,11-12H2,1-2H3,(H2,35,43)/t14-,18-,20?,22?,24-,30-/m0/s1. The van der Waals surface area contributed by atoms with E-state index in [0.717, 1.165) is 38.2 Å². The van der Waals surface area contributed by atoms with Crippen molar-refractivity contribution < 1.29 is 47.4 Å². The number of alkyl halides is 3. The van der Waals surface area contributed by atoms with Crippen LogP contribution in [0, 0.1) is 29.6 Å². The molecule has 4 fully saturated rings. The van der Waals surface area contributed by atoms with E-state index in [0.29, 0.717) is 12.5 Å². The third-order valence-corrected chi connectivity index (χ3v) is 10.6. The number of hydrogen-bond acceptors (Lipinski definition) is 9. The SMILES string of the molecule is CN(C)[C@@H]1C(=O)C(C(N)=O)C(=O)[C@@]2(O)C(=O)C3C(=O)c4c(O)cc(CN(CC5CC5)C5CCC5)c(C(F)(F)F)c4C[C@H]3C[C@@H]12. The van der Waals surface area contributed by atoms with Crippen molar-refractivity contribution in [3.8, 4) is 5.75 Å². The molecule has 1 aromatic rings. The number of phenols is 1. The number of likely N-dealkylation sites (N-methyl/N-ethyl adjacent to an activating group) is 1. The van der Waals surface area contributed by atoms with Gasteiger partial charge in [0.2, 0.25) is 5.91 Å². The average molecular weight is 620 g/mol. The van der Waals surface area contributed by atoms with Crippen molar-refractivity contribution in [1.29, 1.82) is 0 Å². The fourth-order valence-corrected chi connectivity index (χ4v) is 8.17. The van der Waals surface area contributed by atoms with E-state index in [1.54, 1.807) is 0 Å². The van der Waals surface area contributed by atoms with Crippen molar-refractivity contribution in [2.75, 3.05) is 20.6 Å². The number of aliphatic hydroxyl groups is 1. The van der Waals surface area contributed by atoms with Crippen LogP contribution in [0.3, 0.4) is 0 Å². The van der Waals surface area contributed by atoms with Gasteiger partial charge in [-0.2, -0.15) is 13.2 Å². The van der Waals surface area contributed by atoms with E-state index in [4.69, 9.17) is 5.73 Å². The highest BCUT2D eigenvalue weighted by atomic mass is 19.4. The minimum atomic E-state index is -4.89. The highest BCUT2D eigenvalue weighted by Gasteiger charge is 2.69. The summed E-state index contributed by atoms with van der Waals surface area (Å²) in [5, 5.41) is 22.7. The van der Waals surface area contributed by atoms with Gasteiger partial charge in [-0.3, -0.25) is 33.8 Å². The van der Waals surface area contributed by atoms with Crippen molar-refractivity contribution in [3.05, 3.63) is 28.3 Å². The van der Waals surface area contributed by atoms with E-state index < -0.39 is 99.4 Å². The second-order valence-corrected chi connectivity index (χ2v) is 13.5. The molecular weight excluding hydrogens is 583 g/mol. The number of primary amides is 1. The predicted octanol–water partition coefficient (Wildman–Crippen LogP) is 1.65. The number of aromatic hydroxyl groups is 1. The predicted molar refractivity (Wildman–Crippen MR) is 147 cm³/mol. The van der Waals surface area contributed by atoms with Crippen molar-refractivity contribution in [2.24, 2.45) is 35.3 Å². The molecule has 0 aliphatic heterocycles. The van der Waals surface area contributed by atoms with Gasteiger partial charge >= 0.3 is 6.18 Å². The zero-order chi connectivity index (χ0) is 32.0. The molecule has 10 nitrogen and oxygen atoms in total. The number of phenolic OH excluding ortho intramolecular Hbond substituents is 1. The number of fused-ring (bicyclic) bond motifs is 3. The molecule has 5 aliphatic carbocycles. The molecule has 44 heavy (non-hydrogen) atoms. The molecule has 5 aliphatic rings. The second-order valence-electron chi connectivity index (χ2n) is 13.5. The quantitative estimate of drug-likeness (QED) is 0.386. The zero-order valence-electron chi connectivity index (χ0n) is 24.5. The maximum atomic E-state index is 14.9. The van der Waals surface area contributed by atoms with Crippen molar-refractivity contribution >= 4 is 29.0 Å². The number of ketones is 4. The molecule has 0 spiro atoms. The van der Waals surface area contributed by atoms with Crippen LogP contribution in [0.1, 0.15) is 65.6 Å². The van der Waals surface area contributed by atoms with Crippen LogP contribution in [0.2, 0.25) is 0 Å². The van der Waals surface area contributed by atoms with Crippen LogP contribution in [0.5, 0.6) is 5.75 Å². The Balaban J connectivity index is 1.44. The summed E-state index contributed by atoms with van der Waals surface area (Å²) < 4.78 is 44.6. The first-order valence-corrected chi connectivity index (χ1v) is 15.1. The molecule has 2 unspecified atom stereocenters. The molecule has 0 heterocycles. The minimum Gasteiger partial charge on any atom is -0.507 e. The molecule has 0 saturated heterocycles. The number of nitrogens with two attached hydrogens (primary N) is 1. The molecule has 6 rings (SSSR count). The van der Waals surface area contributed by atoms with Crippen molar-refractivity contribution in [3.63, 3.8) is 0 Å². The molecule has 4 saturated carbocycles. The zero-order valence-corrected chi connectivity index (χ0v) is 24.5. The van der Waals surface area contributed by atoms with E-state index >= 15 is 0 Å². The van der Waals surface area contributed by atoms with Gasteiger partial charge in [-0.1, -0.05) is 6.42 Å². The normalized spacial score (nSPS) is 32.4. The molecule has 4 N–H and O–H groups in total. The lowest BCUT2D eigenvalue weighted by Crippen LogP contribution is -2.74. The Kier molecular flexibility index (Phi) is 7.33. The number of carbonyl (C=O) groups is 5. The lowest BCUT2D eigenvalue weighted by Gasteiger charge is -2.52. The molecule has 1 amide bonds. The van der Waals surface area contributed by atoms with Gasteiger partial charge < -0.3 is 15.9 Å². The summed E-state index contributed by atoms with van der Waals surface area (Å²) in [4.78, 5) is 69.9. The fraction of sp³-hybridized carbons (Fsp3) is 0.645. The van der Waals surface area contributed by atoms with E-state index in [1.165, 1.54) is 19.0 Å². The Morgan fingerprint density at radius 2 is 1.75 bits per heavy atom. The lowest BCUT2D eigenvalue weighted by atomic mass is 9.52. The van der Waals surface area contributed by atoms with Gasteiger partial charge in [-0.15, -0.1) is 0 Å². The van der Waals surface area contributed by atoms with Gasteiger partial charge in [0.25, 0.3) is 0 Å². The van der Waals surface area contributed by atoms with E-state index in [1.807, 2.05) is 4.90 Å². The Bertz CT molecular complexity index is 1470. The van der Waals surface area contributed by atoms with Crippen LogP contribution >= 0.6 is 0 Å². The summed E-state index contributed by atoms with van der Waals surface area (Å²) in [6.45, 7) is 0.596. The van der Waals surface area contributed by atoms with Crippen molar-refractivity contribution in [1.82, 2.24) is 9.80 Å². The number of amides is 1. The maximum absolute atomic E-state index is 14.9. The molecule has 13 heteroatoms.